The van der Waals surface area contributed by atoms with Crippen LogP contribution < -0.4 is 0 Å². The standard InChI is InChI=1S/C13H25NOS/c1-4-5-11-6-13(15)14(7-11)8-12(9-16)10(2)3/h10-12,16H,4-9H2,1-3H3. The normalized spacial score (nSPS) is 23.2. The van der Waals surface area contributed by atoms with Gasteiger partial charge in [0.05, 0.1) is 0 Å². The van der Waals surface area contributed by atoms with E-state index in [4.69, 9.17) is 0 Å². The molecule has 94 valence electrons. The number of thiol groups is 1. The molecule has 1 rings (SSSR count). The minimum absolute atomic E-state index is 0.353. The van der Waals surface area contributed by atoms with Gasteiger partial charge in [-0.3, -0.25) is 4.79 Å². The van der Waals surface area contributed by atoms with Crippen molar-refractivity contribution in [1.82, 2.24) is 4.90 Å². The molecule has 0 aromatic carbocycles. The summed E-state index contributed by atoms with van der Waals surface area (Å²) in [4.78, 5) is 13.9. The highest BCUT2D eigenvalue weighted by Crippen LogP contribution is 2.24. The minimum atomic E-state index is 0.353. The second kappa shape index (κ2) is 6.53. The lowest BCUT2D eigenvalue weighted by Gasteiger charge is -2.25. The Balaban J connectivity index is 2.45. The van der Waals surface area contributed by atoms with Crippen LogP contribution in [0.25, 0.3) is 0 Å². The van der Waals surface area contributed by atoms with Gasteiger partial charge in [-0.1, -0.05) is 27.2 Å². The summed E-state index contributed by atoms with van der Waals surface area (Å²) in [6.07, 6.45) is 3.15. The fraction of sp³-hybridized carbons (Fsp3) is 0.923. The molecule has 2 nitrogen and oxygen atoms in total. The van der Waals surface area contributed by atoms with Gasteiger partial charge in [-0.2, -0.15) is 12.6 Å². The molecule has 1 heterocycles. The van der Waals surface area contributed by atoms with E-state index in [0.29, 0.717) is 23.7 Å². The summed E-state index contributed by atoms with van der Waals surface area (Å²) in [6, 6.07) is 0. The molecule has 0 aliphatic carbocycles. The molecule has 0 saturated carbocycles. The summed E-state index contributed by atoms with van der Waals surface area (Å²) < 4.78 is 0. The molecule has 16 heavy (non-hydrogen) atoms. The van der Waals surface area contributed by atoms with Crippen molar-refractivity contribution < 1.29 is 4.79 Å². The summed E-state index contributed by atoms with van der Waals surface area (Å²) >= 11 is 4.38. The molecule has 2 unspecified atom stereocenters. The molecule has 0 radical (unpaired) electrons. The van der Waals surface area contributed by atoms with Gasteiger partial charge in [0.25, 0.3) is 0 Å². The first kappa shape index (κ1) is 13.9. The van der Waals surface area contributed by atoms with Crippen LogP contribution in [0.3, 0.4) is 0 Å². The molecule has 3 heteroatoms. The third-order valence-electron chi connectivity index (χ3n) is 3.62. The van der Waals surface area contributed by atoms with Crippen LogP contribution in [-0.2, 0) is 4.79 Å². The molecule has 1 fully saturated rings. The fourth-order valence-electron chi connectivity index (χ4n) is 2.39. The molecule has 1 aliphatic rings. The van der Waals surface area contributed by atoms with Crippen molar-refractivity contribution in [1.29, 1.82) is 0 Å². The van der Waals surface area contributed by atoms with Crippen molar-refractivity contribution in [3.05, 3.63) is 0 Å². The maximum atomic E-state index is 11.8. The number of hydrogen-bond acceptors (Lipinski definition) is 2. The zero-order valence-corrected chi connectivity index (χ0v) is 11.7. The highest BCUT2D eigenvalue weighted by Gasteiger charge is 2.30. The Morgan fingerprint density at radius 1 is 1.50 bits per heavy atom. The van der Waals surface area contributed by atoms with E-state index in [2.05, 4.69) is 38.3 Å². The largest absolute Gasteiger partial charge is 0.342 e. The van der Waals surface area contributed by atoms with Gasteiger partial charge in [-0.25, -0.2) is 0 Å². The first-order valence-electron chi connectivity index (χ1n) is 6.47. The maximum absolute atomic E-state index is 11.8. The smallest absolute Gasteiger partial charge is 0.222 e. The van der Waals surface area contributed by atoms with Crippen LogP contribution in [0.4, 0.5) is 0 Å². The molecule has 0 bridgehead atoms. The molecule has 1 amide bonds. The maximum Gasteiger partial charge on any atom is 0.222 e. The van der Waals surface area contributed by atoms with E-state index in [9.17, 15) is 4.79 Å². The Morgan fingerprint density at radius 2 is 2.19 bits per heavy atom. The van der Waals surface area contributed by atoms with Crippen molar-refractivity contribution in [2.24, 2.45) is 17.8 Å². The van der Waals surface area contributed by atoms with Crippen LogP contribution in [0, 0.1) is 17.8 Å². The number of amides is 1. The molecule has 0 aromatic rings. The van der Waals surface area contributed by atoms with Gasteiger partial charge in [-0.15, -0.1) is 0 Å². The third kappa shape index (κ3) is 3.69. The van der Waals surface area contributed by atoms with Crippen molar-refractivity contribution in [2.45, 2.75) is 40.0 Å². The molecular weight excluding hydrogens is 218 g/mol. The summed E-state index contributed by atoms with van der Waals surface area (Å²) in [5, 5.41) is 0. The van der Waals surface area contributed by atoms with Crippen LogP contribution in [0.15, 0.2) is 0 Å². The molecule has 0 spiro atoms. The van der Waals surface area contributed by atoms with Crippen LogP contribution in [-0.4, -0.2) is 29.6 Å². The average molecular weight is 243 g/mol. The summed E-state index contributed by atoms with van der Waals surface area (Å²) in [5.41, 5.74) is 0. The van der Waals surface area contributed by atoms with E-state index in [1.54, 1.807) is 0 Å². The Morgan fingerprint density at radius 3 is 2.69 bits per heavy atom. The van der Waals surface area contributed by atoms with E-state index < -0.39 is 0 Å². The van der Waals surface area contributed by atoms with Gasteiger partial charge in [0.1, 0.15) is 0 Å². The summed E-state index contributed by atoms with van der Waals surface area (Å²) in [6.45, 7) is 8.50. The molecular formula is C13H25NOS. The van der Waals surface area contributed by atoms with Gasteiger partial charge in [-0.05, 0) is 29.9 Å². The molecule has 2 atom stereocenters. The Bertz CT molecular complexity index is 230. The summed E-state index contributed by atoms with van der Waals surface area (Å²) in [5.74, 6) is 2.97. The van der Waals surface area contributed by atoms with E-state index in [0.717, 1.165) is 25.3 Å². The van der Waals surface area contributed by atoms with Crippen LogP contribution in [0.5, 0.6) is 0 Å². The lowest BCUT2D eigenvalue weighted by molar-refractivity contribution is -0.128. The number of likely N-dealkylation sites (tertiary alicyclic amines) is 1. The minimum Gasteiger partial charge on any atom is -0.342 e. The second-order valence-corrected chi connectivity index (χ2v) is 5.71. The van der Waals surface area contributed by atoms with Crippen LogP contribution in [0.1, 0.15) is 40.0 Å². The van der Waals surface area contributed by atoms with Crippen molar-refractivity contribution in [3.8, 4) is 0 Å². The van der Waals surface area contributed by atoms with Crippen molar-refractivity contribution in [3.63, 3.8) is 0 Å². The van der Waals surface area contributed by atoms with Gasteiger partial charge >= 0.3 is 0 Å². The topological polar surface area (TPSA) is 20.3 Å². The first-order chi connectivity index (χ1) is 7.58. The predicted molar refractivity (Wildman–Crippen MR) is 71.8 cm³/mol. The quantitative estimate of drug-likeness (QED) is 0.711. The van der Waals surface area contributed by atoms with Crippen molar-refractivity contribution in [2.75, 3.05) is 18.8 Å². The number of nitrogens with zero attached hydrogens (tertiary/aromatic N) is 1. The van der Waals surface area contributed by atoms with Gasteiger partial charge in [0, 0.05) is 19.5 Å². The van der Waals surface area contributed by atoms with E-state index in [1.807, 2.05) is 0 Å². The number of hydrogen-bond donors (Lipinski definition) is 1. The number of carbonyl (C=O) groups excluding carboxylic acids is 1. The summed E-state index contributed by atoms with van der Waals surface area (Å²) in [7, 11) is 0. The third-order valence-corrected chi connectivity index (χ3v) is 4.09. The number of carbonyl (C=O) groups is 1. The highest BCUT2D eigenvalue weighted by molar-refractivity contribution is 7.80. The van der Waals surface area contributed by atoms with E-state index in [1.165, 1.54) is 12.8 Å². The predicted octanol–water partition coefficient (Wildman–Crippen LogP) is 2.84. The Hall–Kier alpha value is -0.180. The SMILES string of the molecule is CCCC1CC(=O)N(CC(CS)C(C)C)C1. The number of rotatable bonds is 6. The molecule has 1 saturated heterocycles. The zero-order chi connectivity index (χ0) is 12.1. The van der Waals surface area contributed by atoms with Gasteiger partial charge in [0.2, 0.25) is 5.91 Å². The Labute approximate surface area is 105 Å². The Kier molecular flexibility index (Phi) is 5.67. The zero-order valence-electron chi connectivity index (χ0n) is 10.8. The average Bonchev–Trinajstić information content (AvgIpc) is 2.55. The molecule has 1 aliphatic heterocycles. The van der Waals surface area contributed by atoms with E-state index >= 15 is 0 Å². The van der Waals surface area contributed by atoms with Crippen LogP contribution in [0.2, 0.25) is 0 Å². The van der Waals surface area contributed by atoms with Crippen molar-refractivity contribution >= 4 is 18.5 Å². The molecule has 0 aromatic heterocycles. The lowest BCUT2D eigenvalue weighted by Crippen LogP contribution is -2.33. The van der Waals surface area contributed by atoms with Gasteiger partial charge < -0.3 is 4.90 Å². The monoisotopic (exact) mass is 243 g/mol. The second-order valence-electron chi connectivity index (χ2n) is 5.34. The van der Waals surface area contributed by atoms with Crippen LogP contribution >= 0.6 is 12.6 Å². The fourth-order valence-corrected chi connectivity index (χ4v) is 2.93. The lowest BCUT2D eigenvalue weighted by atomic mass is 9.97. The first-order valence-corrected chi connectivity index (χ1v) is 7.10. The molecule has 0 N–H and O–H groups in total. The van der Waals surface area contributed by atoms with E-state index in [-0.39, 0.29) is 0 Å². The highest BCUT2D eigenvalue weighted by atomic mass is 32.1. The van der Waals surface area contributed by atoms with Gasteiger partial charge in [0.15, 0.2) is 0 Å².